The van der Waals surface area contributed by atoms with Gasteiger partial charge in [0.25, 0.3) is 5.69 Å². The van der Waals surface area contributed by atoms with Crippen LogP contribution in [0.5, 0.6) is 0 Å². The maximum atomic E-state index is 12.4. The number of anilines is 1. The van der Waals surface area contributed by atoms with Crippen molar-refractivity contribution in [3.8, 4) is 0 Å². The van der Waals surface area contributed by atoms with Crippen LogP contribution in [0.4, 0.5) is 11.4 Å². The molecule has 1 N–H and O–H groups in total. The Morgan fingerprint density at radius 1 is 1.29 bits per heavy atom. The molecule has 24 heavy (non-hydrogen) atoms. The van der Waals surface area contributed by atoms with Crippen LogP contribution >= 0.6 is 0 Å². The lowest BCUT2D eigenvalue weighted by atomic mass is 9.95. The fourth-order valence-electron chi connectivity index (χ4n) is 2.92. The summed E-state index contributed by atoms with van der Waals surface area (Å²) < 4.78 is 0. The summed E-state index contributed by atoms with van der Waals surface area (Å²) in [6.45, 7) is 6.50. The van der Waals surface area contributed by atoms with Crippen LogP contribution in [-0.2, 0) is 9.59 Å². The Morgan fingerprint density at radius 2 is 1.92 bits per heavy atom. The van der Waals surface area contributed by atoms with E-state index < -0.39 is 4.92 Å². The zero-order valence-corrected chi connectivity index (χ0v) is 14.2. The highest BCUT2D eigenvalue weighted by Gasteiger charge is 2.28. The number of benzene rings is 1. The summed E-state index contributed by atoms with van der Waals surface area (Å²) >= 11 is 0. The van der Waals surface area contributed by atoms with Gasteiger partial charge in [0.05, 0.1) is 16.2 Å². The molecule has 0 saturated carbocycles. The first kappa shape index (κ1) is 17.9. The third-order valence-corrected chi connectivity index (χ3v) is 4.43. The molecule has 1 aliphatic rings. The Kier molecular flexibility index (Phi) is 5.54. The van der Waals surface area contributed by atoms with E-state index in [1.54, 1.807) is 24.0 Å². The van der Waals surface area contributed by atoms with Gasteiger partial charge in [0.1, 0.15) is 0 Å². The molecule has 1 heterocycles. The topological polar surface area (TPSA) is 92.6 Å². The van der Waals surface area contributed by atoms with E-state index in [4.69, 9.17) is 0 Å². The van der Waals surface area contributed by atoms with E-state index in [9.17, 15) is 19.7 Å². The van der Waals surface area contributed by atoms with Crippen molar-refractivity contribution in [2.75, 3.05) is 18.4 Å². The number of piperidine rings is 1. The van der Waals surface area contributed by atoms with Crippen LogP contribution in [0.1, 0.15) is 32.3 Å². The standard InChI is InChI=1S/C17H23N3O4/c1-11(2)17(22)19-9-7-13(8-10-19)16(21)18-14-5-4-6-15(12(14)3)20(23)24/h4-6,11,13H,7-10H2,1-3H3,(H,18,21). The van der Waals surface area contributed by atoms with Crippen molar-refractivity contribution in [3.05, 3.63) is 33.9 Å². The van der Waals surface area contributed by atoms with Crippen molar-refractivity contribution in [3.63, 3.8) is 0 Å². The van der Waals surface area contributed by atoms with Crippen LogP contribution in [0, 0.1) is 28.9 Å². The van der Waals surface area contributed by atoms with Crippen LogP contribution in [0.15, 0.2) is 18.2 Å². The molecule has 1 aromatic rings. The van der Waals surface area contributed by atoms with E-state index in [-0.39, 0.29) is 29.3 Å². The number of nitrogens with one attached hydrogen (secondary N) is 1. The van der Waals surface area contributed by atoms with E-state index in [0.29, 0.717) is 37.2 Å². The van der Waals surface area contributed by atoms with Gasteiger partial charge < -0.3 is 10.2 Å². The number of carbonyl (C=O) groups excluding carboxylic acids is 2. The molecule has 0 radical (unpaired) electrons. The molecule has 2 rings (SSSR count). The monoisotopic (exact) mass is 333 g/mol. The molecule has 0 aromatic heterocycles. The van der Waals surface area contributed by atoms with Gasteiger partial charge in [0, 0.05) is 31.0 Å². The van der Waals surface area contributed by atoms with E-state index in [2.05, 4.69) is 5.32 Å². The Labute approximate surface area is 141 Å². The van der Waals surface area contributed by atoms with Crippen LogP contribution in [0.3, 0.4) is 0 Å². The summed E-state index contributed by atoms with van der Waals surface area (Å²) in [6.07, 6.45) is 1.22. The molecule has 1 aliphatic heterocycles. The highest BCUT2D eigenvalue weighted by Crippen LogP contribution is 2.27. The quantitative estimate of drug-likeness (QED) is 0.677. The van der Waals surface area contributed by atoms with E-state index in [1.165, 1.54) is 6.07 Å². The molecule has 0 bridgehead atoms. The van der Waals surface area contributed by atoms with Gasteiger partial charge >= 0.3 is 0 Å². The van der Waals surface area contributed by atoms with Crippen molar-refractivity contribution in [2.24, 2.45) is 11.8 Å². The fourth-order valence-corrected chi connectivity index (χ4v) is 2.92. The zero-order valence-electron chi connectivity index (χ0n) is 14.2. The number of likely N-dealkylation sites (tertiary alicyclic amines) is 1. The second-order valence-electron chi connectivity index (χ2n) is 6.45. The van der Waals surface area contributed by atoms with Gasteiger partial charge in [0.2, 0.25) is 11.8 Å². The first-order valence-electron chi connectivity index (χ1n) is 8.15. The Balaban J connectivity index is 1.99. The maximum absolute atomic E-state index is 12.4. The summed E-state index contributed by atoms with van der Waals surface area (Å²) in [5.74, 6) is -0.249. The van der Waals surface area contributed by atoms with Crippen LogP contribution in [0.25, 0.3) is 0 Å². The molecule has 7 heteroatoms. The molecule has 0 unspecified atom stereocenters. The molecule has 130 valence electrons. The number of nitro groups is 1. The summed E-state index contributed by atoms with van der Waals surface area (Å²) in [5, 5.41) is 13.8. The third-order valence-electron chi connectivity index (χ3n) is 4.43. The minimum Gasteiger partial charge on any atom is -0.342 e. The van der Waals surface area contributed by atoms with E-state index in [0.717, 1.165) is 0 Å². The lowest BCUT2D eigenvalue weighted by molar-refractivity contribution is -0.385. The molecule has 0 aliphatic carbocycles. The minimum absolute atomic E-state index is 0.00912. The predicted octanol–water partition coefficient (Wildman–Crippen LogP) is 2.74. The van der Waals surface area contributed by atoms with Gasteiger partial charge in [-0.25, -0.2) is 0 Å². The van der Waals surface area contributed by atoms with Crippen molar-refractivity contribution >= 4 is 23.2 Å². The van der Waals surface area contributed by atoms with Crippen LogP contribution in [-0.4, -0.2) is 34.7 Å². The SMILES string of the molecule is Cc1c(NC(=O)C2CCN(C(=O)C(C)C)CC2)cccc1[N+](=O)[O-]. The fraction of sp³-hybridized carbons (Fsp3) is 0.529. The van der Waals surface area contributed by atoms with E-state index in [1.807, 2.05) is 13.8 Å². The Bertz CT molecular complexity index is 649. The minimum atomic E-state index is -0.457. The average Bonchev–Trinajstić information content (AvgIpc) is 2.55. The number of carbonyl (C=O) groups is 2. The molecular weight excluding hydrogens is 310 g/mol. The first-order valence-corrected chi connectivity index (χ1v) is 8.15. The largest absolute Gasteiger partial charge is 0.342 e. The van der Waals surface area contributed by atoms with Crippen molar-refractivity contribution in [1.29, 1.82) is 0 Å². The molecule has 0 atom stereocenters. The summed E-state index contributed by atoms with van der Waals surface area (Å²) in [7, 11) is 0. The number of nitrogens with zero attached hydrogens (tertiary/aromatic N) is 2. The van der Waals surface area contributed by atoms with Crippen molar-refractivity contribution in [1.82, 2.24) is 4.90 Å². The molecule has 0 spiro atoms. The van der Waals surface area contributed by atoms with Gasteiger partial charge in [-0.15, -0.1) is 0 Å². The van der Waals surface area contributed by atoms with Crippen molar-refractivity contribution in [2.45, 2.75) is 33.6 Å². The highest BCUT2D eigenvalue weighted by molar-refractivity contribution is 5.94. The molecule has 1 aromatic carbocycles. The number of hydrogen-bond donors (Lipinski definition) is 1. The third kappa shape index (κ3) is 3.90. The van der Waals surface area contributed by atoms with Gasteiger partial charge in [0.15, 0.2) is 0 Å². The molecule has 2 amide bonds. The summed E-state index contributed by atoms with van der Waals surface area (Å²) in [4.78, 5) is 36.7. The van der Waals surface area contributed by atoms with Gasteiger partial charge in [-0.3, -0.25) is 19.7 Å². The molecular formula is C17H23N3O4. The zero-order chi connectivity index (χ0) is 17.9. The first-order chi connectivity index (χ1) is 11.3. The van der Waals surface area contributed by atoms with Gasteiger partial charge in [-0.1, -0.05) is 19.9 Å². The average molecular weight is 333 g/mol. The van der Waals surface area contributed by atoms with Gasteiger partial charge in [-0.05, 0) is 25.8 Å². The predicted molar refractivity (Wildman–Crippen MR) is 90.6 cm³/mol. The lowest BCUT2D eigenvalue weighted by Gasteiger charge is -2.32. The normalized spacial score (nSPS) is 15.4. The lowest BCUT2D eigenvalue weighted by Crippen LogP contribution is -2.43. The number of hydrogen-bond acceptors (Lipinski definition) is 4. The molecule has 7 nitrogen and oxygen atoms in total. The number of amides is 2. The van der Waals surface area contributed by atoms with Crippen LogP contribution in [0.2, 0.25) is 0 Å². The highest BCUT2D eigenvalue weighted by atomic mass is 16.6. The smallest absolute Gasteiger partial charge is 0.274 e. The number of nitro benzene ring substituents is 1. The van der Waals surface area contributed by atoms with E-state index >= 15 is 0 Å². The Hall–Kier alpha value is -2.44. The van der Waals surface area contributed by atoms with Crippen molar-refractivity contribution < 1.29 is 14.5 Å². The number of rotatable bonds is 4. The maximum Gasteiger partial charge on any atom is 0.274 e. The van der Waals surface area contributed by atoms with Crippen LogP contribution < -0.4 is 5.32 Å². The summed E-state index contributed by atoms with van der Waals surface area (Å²) in [5.41, 5.74) is 0.906. The Morgan fingerprint density at radius 3 is 2.46 bits per heavy atom. The molecule has 1 fully saturated rings. The second-order valence-corrected chi connectivity index (χ2v) is 6.45. The summed E-state index contributed by atoms with van der Waals surface area (Å²) in [6, 6.07) is 4.64. The molecule has 1 saturated heterocycles. The second kappa shape index (κ2) is 7.42. The van der Waals surface area contributed by atoms with Gasteiger partial charge in [-0.2, -0.15) is 0 Å².